The molecular formula is C16H30N2O2. The fourth-order valence-electron chi connectivity index (χ4n) is 3.06. The van der Waals surface area contributed by atoms with E-state index >= 15 is 0 Å². The van der Waals surface area contributed by atoms with E-state index in [2.05, 4.69) is 12.2 Å². The van der Waals surface area contributed by atoms with Crippen LogP contribution in [-0.4, -0.2) is 34.3 Å². The van der Waals surface area contributed by atoms with Gasteiger partial charge in [0.05, 0.1) is 0 Å². The molecule has 0 radical (unpaired) electrons. The molecule has 0 bridgehead atoms. The van der Waals surface area contributed by atoms with Gasteiger partial charge >= 0.3 is 0 Å². The predicted molar refractivity (Wildman–Crippen MR) is 81.4 cm³/mol. The topological polar surface area (TPSA) is 49.4 Å². The molecule has 1 N–H and O–H groups in total. The highest BCUT2D eigenvalue weighted by molar-refractivity contribution is 6.02. The molecule has 1 rings (SSSR count). The van der Waals surface area contributed by atoms with E-state index in [0.717, 1.165) is 19.3 Å². The summed E-state index contributed by atoms with van der Waals surface area (Å²) in [4.78, 5) is 27.4. The summed E-state index contributed by atoms with van der Waals surface area (Å²) in [6.07, 6.45) is 5.16. The van der Waals surface area contributed by atoms with Crippen molar-refractivity contribution in [3.05, 3.63) is 0 Å². The molecule has 4 nitrogen and oxygen atoms in total. The first-order valence-corrected chi connectivity index (χ1v) is 8.06. The molecule has 1 heterocycles. The zero-order chi connectivity index (χ0) is 15.4. The Kier molecular flexibility index (Phi) is 5.60. The number of hydrogen-bond acceptors (Lipinski definition) is 2. The number of unbranched alkanes of at least 4 members (excludes halogenated alkanes) is 2. The van der Waals surface area contributed by atoms with E-state index in [9.17, 15) is 9.59 Å². The van der Waals surface area contributed by atoms with Crippen LogP contribution in [0.5, 0.6) is 0 Å². The Balaban J connectivity index is 3.10. The fourth-order valence-corrected chi connectivity index (χ4v) is 3.06. The molecule has 1 unspecified atom stereocenters. The number of carbonyl (C=O) groups is 2. The molecule has 0 aromatic rings. The number of nitrogens with zero attached hydrogens (tertiary/aromatic N) is 1. The fraction of sp³-hybridized carbons (Fsp3) is 0.875. The van der Waals surface area contributed by atoms with Crippen LogP contribution in [0.1, 0.15) is 73.1 Å². The van der Waals surface area contributed by atoms with Gasteiger partial charge < -0.3 is 10.2 Å². The maximum absolute atomic E-state index is 12.9. The lowest BCUT2D eigenvalue weighted by atomic mass is 9.81. The average Bonchev–Trinajstić information content (AvgIpc) is 2.45. The van der Waals surface area contributed by atoms with Crippen LogP contribution >= 0.6 is 0 Å². The largest absolute Gasteiger partial charge is 0.340 e. The third-order valence-corrected chi connectivity index (χ3v) is 4.91. The summed E-state index contributed by atoms with van der Waals surface area (Å²) in [7, 11) is 0. The highest BCUT2D eigenvalue weighted by Gasteiger charge is 2.54. The van der Waals surface area contributed by atoms with Gasteiger partial charge in [-0.1, -0.05) is 40.5 Å². The second kappa shape index (κ2) is 6.59. The summed E-state index contributed by atoms with van der Waals surface area (Å²) in [5.74, 6) is 0.0994. The average molecular weight is 282 g/mol. The van der Waals surface area contributed by atoms with E-state index in [1.54, 1.807) is 0 Å². The first-order chi connectivity index (χ1) is 9.41. The number of nitrogens with one attached hydrogen (secondary N) is 1. The van der Waals surface area contributed by atoms with Gasteiger partial charge in [0, 0.05) is 6.54 Å². The Bertz CT molecular complexity index is 363. The molecule has 2 amide bonds. The van der Waals surface area contributed by atoms with Crippen LogP contribution in [0.4, 0.5) is 0 Å². The van der Waals surface area contributed by atoms with Crippen molar-refractivity contribution < 1.29 is 9.59 Å². The van der Waals surface area contributed by atoms with E-state index in [0.29, 0.717) is 25.8 Å². The summed E-state index contributed by atoms with van der Waals surface area (Å²) < 4.78 is 0. The van der Waals surface area contributed by atoms with Crippen LogP contribution < -0.4 is 5.32 Å². The van der Waals surface area contributed by atoms with E-state index in [1.165, 1.54) is 0 Å². The number of hydrogen-bond donors (Lipinski definition) is 1. The van der Waals surface area contributed by atoms with Crippen LogP contribution in [0.15, 0.2) is 0 Å². The van der Waals surface area contributed by atoms with Gasteiger partial charge in [0.15, 0.2) is 0 Å². The minimum absolute atomic E-state index is 0.0166. The second-order valence-electron chi connectivity index (χ2n) is 6.04. The molecule has 0 saturated carbocycles. The normalized spacial score (nSPS) is 25.8. The molecule has 20 heavy (non-hydrogen) atoms. The molecule has 1 saturated heterocycles. The lowest BCUT2D eigenvalue weighted by Gasteiger charge is -2.51. The Hall–Kier alpha value is -1.06. The Morgan fingerprint density at radius 2 is 1.60 bits per heavy atom. The summed E-state index contributed by atoms with van der Waals surface area (Å²) in [6, 6.07) is 0. The first-order valence-electron chi connectivity index (χ1n) is 8.06. The van der Waals surface area contributed by atoms with Crippen molar-refractivity contribution in [2.75, 3.05) is 6.54 Å². The monoisotopic (exact) mass is 282 g/mol. The van der Waals surface area contributed by atoms with E-state index in [4.69, 9.17) is 0 Å². The quantitative estimate of drug-likeness (QED) is 0.730. The number of rotatable bonds is 7. The minimum atomic E-state index is -0.739. The van der Waals surface area contributed by atoms with Crippen LogP contribution in [-0.2, 0) is 9.59 Å². The van der Waals surface area contributed by atoms with Gasteiger partial charge in [-0.15, -0.1) is 0 Å². The Morgan fingerprint density at radius 1 is 1.00 bits per heavy atom. The van der Waals surface area contributed by atoms with Crippen LogP contribution in [0.3, 0.4) is 0 Å². The van der Waals surface area contributed by atoms with Gasteiger partial charge in [0.2, 0.25) is 11.8 Å². The van der Waals surface area contributed by atoms with Crippen molar-refractivity contribution in [2.24, 2.45) is 0 Å². The lowest BCUT2D eigenvalue weighted by molar-refractivity contribution is -0.163. The third-order valence-electron chi connectivity index (χ3n) is 4.91. The summed E-state index contributed by atoms with van der Waals surface area (Å²) in [5.41, 5.74) is -1.39. The minimum Gasteiger partial charge on any atom is -0.340 e. The van der Waals surface area contributed by atoms with Crippen molar-refractivity contribution in [3.8, 4) is 0 Å². The highest BCUT2D eigenvalue weighted by atomic mass is 16.2. The molecule has 116 valence electrons. The molecule has 1 fully saturated rings. The molecule has 0 aromatic carbocycles. The maximum atomic E-state index is 12.9. The van der Waals surface area contributed by atoms with Crippen LogP contribution in [0.2, 0.25) is 0 Å². The summed E-state index contributed by atoms with van der Waals surface area (Å²) in [6.45, 7) is 10.6. The van der Waals surface area contributed by atoms with Crippen molar-refractivity contribution in [3.63, 3.8) is 0 Å². The van der Waals surface area contributed by atoms with E-state index in [-0.39, 0.29) is 11.8 Å². The maximum Gasteiger partial charge on any atom is 0.248 e. The zero-order valence-electron chi connectivity index (χ0n) is 13.7. The zero-order valence-corrected chi connectivity index (χ0v) is 13.7. The molecule has 1 atom stereocenters. The molecule has 1 aliphatic heterocycles. The van der Waals surface area contributed by atoms with Crippen molar-refractivity contribution in [1.82, 2.24) is 10.2 Å². The molecule has 0 aliphatic carbocycles. The predicted octanol–water partition coefficient (Wildman–Crippen LogP) is 2.86. The van der Waals surface area contributed by atoms with Gasteiger partial charge in [0.1, 0.15) is 11.1 Å². The Labute approximate surface area is 123 Å². The number of piperazine rings is 1. The van der Waals surface area contributed by atoms with E-state index in [1.807, 2.05) is 32.6 Å². The Morgan fingerprint density at radius 3 is 2.05 bits per heavy atom. The van der Waals surface area contributed by atoms with Gasteiger partial charge in [-0.25, -0.2) is 0 Å². The summed E-state index contributed by atoms with van der Waals surface area (Å²) in [5, 5.41) is 2.98. The highest BCUT2D eigenvalue weighted by Crippen LogP contribution is 2.33. The van der Waals surface area contributed by atoms with Gasteiger partial charge in [-0.05, 0) is 32.6 Å². The van der Waals surface area contributed by atoms with Crippen molar-refractivity contribution in [1.29, 1.82) is 0 Å². The third kappa shape index (κ3) is 2.70. The molecular weight excluding hydrogens is 252 g/mol. The van der Waals surface area contributed by atoms with Crippen molar-refractivity contribution >= 4 is 11.8 Å². The standard InChI is InChI=1S/C16H30N2O2/c1-6-10-11-12-18-14(20)15(5,7-2)17-13(19)16(18,8-3)9-4/h6-12H2,1-5H3,(H,17,19). The van der Waals surface area contributed by atoms with Gasteiger partial charge in [0.25, 0.3) is 0 Å². The van der Waals surface area contributed by atoms with E-state index < -0.39 is 11.1 Å². The lowest BCUT2D eigenvalue weighted by Crippen LogP contribution is -2.74. The molecule has 4 heteroatoms. The number of carbonyl (C=O) groups excluding carboxylic acids is 2. The smallest absolute Gasteiger partial charge is 0.248 e. The second-order valence-corrected chi connectivity index (χ2v) is 6.04. The number of amides is 2. The van der Waals surface area contributed by atoms with Gasteiger partial charge in [-0.3, -0.25) is 9.59 Å². The molecule has 0 aromatic heterocycles. The van der Waals surface area contributed by atoms with Gasteiger partial charge in [-0.2, -0.15) is 0 Å². The summed E-state index contributed by atoms with van der Waals surface area (Å²) >= 11 is 0. The SMILES string of the molecule is CCCCCN1C(=O)C(C)(CC)NC(=O)C1(CC)CC. The van der Waals surface area contributed by atoms with Crippen molar-refractivity contribution in [2.45, 2.75) is 84.2 Å². The molecule has 1 aliphatic rings. The molecule has 0 spiro atoms. The van der Waals surface area contributed by atoms with Crippen LogP contribution in [0.25, 0.3) is 0 Å². The van der Waals surface area contributed by atoms with Crippen LogP contribution in [0, 0.1) is 0 Å². The first kappa shape index (κ1) is 17.0.